The molecule has 2 aromatic heterocycles. The van der Waals surface area contributed by atoms with Gasteiger partial charge in [-0.05, 0) is 36.4 Å². The molecule has 0 fully saturated rings. The molecule has 0 bridgehead atoms. The third-order valence-electron chi connectivity index (χ3n) is 4.04. The number of furan rings is 1. The Balaban J connectivity index is 1.88. The largest absolute Gasteiger partial charge is 0.467 e. The minimum atomic E-state index is 0.549. The molecular formula is C19H16ClN3O. The molecular weight excluding hydrogens is 322 g/mol. The quantitative estimate of drug-likeness (QED) is 0.516. The van der Waals surface area contributed by atoms with Crippen molar-refractivity contribution >= 4 is 34.3 Å². The van der Waals surface area contributed by atoms with Gasteiger partial charge in [0.2, 0.25) is 5.95 Å². The van der Waals surface area contributed by atoms with Crippen molar-refractivity contribution in [2.45, 2.75) is 6.54 Å². The second-order valence-corrected chi connectivity index (χ2v) is 5.98. The third kappa shape index (κ3) is 2.55. The predicted octanol–water partition coefficient (Wildman–Crippen LogP) is 5.16. The molecule has 5 heteroatoms. The van der Waals surface area contributed by atoms with Crippen molar-refractivity contribution in [2.75, 3.05) is 4.90 Å². The molecule has 0 aliphatic heterocycles. The molecule has 0 N–H and O–H groups in total. The van der Waals surface area contributed by atoms with Gasteiger partial charge in [0.1, 0.15) is 5.76 Å². The van der Waals surface area contributed by atoms with Gasteiger partial charge in [-0.25, -0.2) is 4.98 Å². The molecule has 2 heterocycles. The van der Waals surface area contributed by atoms with Crippen molar-refractivity contribution in [3.05, 3.63) is 77.7 Å². The highest BCUT2D eigenvalue weighted by molar-refractivity contribution is 6.33. The maximum atomic E-state index is 6.45. The molecule has 0 unspecified atom stereocenters. The fourth-order valence-corrected chi connectivity index (χ4v) is 3.10. The minimum Gasteiger partial charge on any atom is -0.467 e. The van der Waals surface area contributed by atoms with E-state index in [1.165, 1.54) is 0 Å². The molecule has 4 nitrogen and oxygen atoms in total. The first-order valence-electron chi connectivity index (χ1n) is 7.70. The summed E-state index contributed by atoms with van der Waals surface area (Å²) >= 11 is 6.45. The van der Waals surface area contributed by atoms with Crippen LogP contribution in [-0.4, -0.2) is 9.55 Å². The van der Waals surface area contributed by atoms with Gasteiger partial charge in [-0.2, -0.15) is 0 Å². The van der Waals surface area contributed by atoms with Crippen LogP contribution in [0.15, 0.2) is 71.3 Å². The van der Waals surface area contributed by atoms with Crippen LogP contribution in [0, 0.1) is 0 Å². The lowest BCUT2D eigenvalue weighted by atomic mass is 10.2. The van der Waals surface area contributed by atoms with E-state index < -0.39 is 0 Å². The second-order valence-electron chi connectivity index (χ2n) is 5.58. The zero-order valence-corrected chi connectivity index (χ0v) is 13.9. The normalized spacial score (nSPS) is 11.1. The van der Waals surface area contributed by atoms with Gasteiger partial charge in [-0.3, -0.25) is 0 Å². The maximum Gasteiger partial charge on any atom is 0.211 e. The van der Waals surface area contributed by atoms with Gasteiger partial charge < -0.3 is 13.9 Å². The molecule has 0 radical (unpaired) electrons. The van der Waals surface area contributed by atoms with E-state index in [4.69, 9.17) is 21.0 Å². The first-order chi connectivity index (χ1) is 11.7. The summed E-state index contributed by atoms with van der Waals surface area (Å²) in [5.41, 5.74) is 2.92. The summed E-state index contributed by atoms with van der Waals surface area (Å²) in [6, 6.07) is 19.7. The van der Waals surface area contributed by atoms with E-state index in [0.717, 1.165) is 28.4 Å². The molecule has 0 atom stereocenters. The second kappa shape index (κ2) is 6.06. The van der Waals surface area contributed by atoms with E-state index in [1.54, 1.807) is 6.26 Å². The molecule has 24 heavy (non-hydrogen) atoms. The SMILES string of the molecule is Cn1c(N(Cc2ccco2)c2ccccc2Cl)nc2ccccc21. The summed E-state index contributed by atoms with van der Waals surface area (Å²) in [4.78, 5) is 6.87. The van der Waals surface area contributed by atoms with Crippen LogP contribution in [0.3, 0.4) is 0 Å². The number of aryl methyl sites for hydroxylation is 1. The number of hydrogen-bond acceptors (Lipinski definition) is 3. The zero-order valence-electron chi connectivity index (χ0n) is 13.2. The van der Waals surface area contributed by atoms with Crippen LogP contribution >= 0.6 is 11.6 Å². The lowest BCUT2D eigenvalue weighted by Gasteiger charge is -2.24. The number of para-hydroxylation sites is 3. The van der Waals surface area contributed by atoms with Crippen LogP contribution in [0.4, 0.5) is 11.6 Å². The van der Waals surface area contributed by atoms with E-state index in [-0.39, 0.29) is 0 Å². The van der Waals surface area contributed by atoms with Crippen molar-refractivity contribution in [3.63, 3.8) is 0 Å². The Bertz CT molecular complexity index is 975. The fraction of sp³-hybridized carbons (Fsp3) is 0.105. The molecule has 0 aliphatic carbocycles. The predicted molar refractivity (Wildman–Crippen MR) is 96.7 cm³/mol. The number of anilines is 2. The monoisotopic (exact) mass is 337 g/mol. The summed E-state index contributed by atoms with van der Waals surface area (Å²) in [6.07, 6.45) is 1.68. The highest BCUT2D eigenvalue weighted by Gasteiger charge is 2.20. The van der Waals surface area contributed by atoms with Gasteiger partial charge in [0.25, 0.3) is 0 Å². The Morgan fingerprint density at radius 2 is 1.83 bits per heavy atom. The Hall–Kier alpha value is -2.72. The molecule has 2 aromatic carbocycles. The number of halogens is 1. The number of nitrogens with zero attached hydrogens (tertiary/aromatic N) is 3. The molecule has 4 aromatic rings. The van der Waals surface area contributed by atoms with Gasteiger partial charge in [-0.15, -0.1) is 0 Å². The average molecular weight is 338 g/mol. The minimum absolute atomic E-state index is 0.549. The summed E-state index contributed by atoms with van der Waals surface area (Å²) in [6.45, 7) is 0.549. The number of imidazole rings is 1. The topological polar surface area (TPSA) is 34.2 Å². The summed E-state index contributed by atoms with van der Waals surface area (Å²) in [7, 11) is 2.01. The van der Waals surface area contributed by atoms with Gasteiger partial charge in [0.05, 0.1) is 34.6 Å². The molecule has 0 saturated carbocycles. The summed E-state index contributed by atoms with van der Waals surface area (Å²) in [5, 5.41) is 0.677. The Labute approximate surface area is 144 Å². The zero-order chi connectivity index (χ0) is 16.5. The third-order valence-corrected chi connectivity index (χ3v) is 4.36. The van der Waals surface area contributed by atoms with Crippen LogP contribution in [-0.2, 0) is 13.6 Å². The van der Waals surface area contributed by atoms with Crippen LogP contribution in [0.5, 0.6) is 0 Å². The van der Waals surface area contributed by atoms with Crippen LogP contribution < -0.4 is 4.90 Å². The van der Waals surface area contributed by atoms with E-state index in [2.05, 4.69) is 15.5 Å². The van der Waals surface area contributed by atoms with Crippen molar-refractivity contribution < 1.29 is 4.42 Å². The highest BCUT2D eigenvalue weighted by atomic mass is 35.5. The van der Waals surface area contributed by atoms with Crippen molar-refractivity contribution in [1.29, 1.82) is 0 Å². The average Bonchev–Trinajstić information content (AvgIpc) is 3.22. The fourth-order valence-electron chi connectivity index (χ4n) is 2.87. The molecule has 0 saturated heterocycles. The van der Waals surface area contributed by atoms with Crippen molar-refractivity contribution in [1.82, 2.24) is 9.55 Å². The van der Waals surface area contributed by atoms with Gasteiger partial charge in [0.15, 0.2) is 0 Å². The smallest absolute Gasteiger partial charge is 0.211 e. The molecule has 4 rings (SSSR count). The number of benzene rings is 2. The summed E-state index contributed by atoms with van der Waals surface area (Å²) < 4.78 is 7.61. The van der Waals surface area contributed by atoms with Gasteiger partial charge in [0, 0.05) is 7.05 Å². The van der Waals surface area contributed by atoms with Gasteiger partial charge in [-0.1, -0.05) is 35.9 Å². The van der Waals surface area contributed by atoms with Gasteiger partial charge >= 0.3 is 0 Å². The molecule has 0 amide bonds. The first kappa shape index (κ1) is 14.8. The maximum absolute atomic E-state index is 6.45. The lowest BCUT2D eigenvalue weighted by molar-refractivity contribution is 0.508. The van der Waals surface area contributed by atoms with Crippen molar-refractivity contribution in [3.8, 4) is 0 Å². The van der Waals surface area contributed by atoms with Crippen molar-refractivity contribution in [2.24, 2.45) is 7.05 Å². The lowest BCUT2D eigenvalue weighted by Crippen LogP contribution is -2.20. The summed E-state index contributed by atoms with van der Waals surface area (Å²) in [5.74, 6) is 1.67. The number of rotatable bonds is 4. The Morgan fingerprint density at radius 1 is 1.04 bits per heavy atom. The first-order valence-corrected chi connectivity index (χ1v) is 8.08. The number of aromatic nitrogens is 2. The van der Waals surface area contributed by atoms with E-state index in [0.29, 0.717) is 11.6 Å². The Morgan fingerprint density at radius 3 is 2.58 bits per heavy atom. The number of fused-ring (bicyclic) bond motifs is 1. The van der Waals surface area contributed by atoms with Crippen LogP contribution in [0.2, 0.25) is 5.02 Å². The number of hydrogen-bond donors (Lipinski definition) is 0. The standard InChI is InChI=1S/C19H16ClN3O/c1-22-18-11-5-3-9-16(18)21-19(22)23(13-14-7-6-12-24-14)17-10-4-2-8-15(17)20/h2-12H,13H2,1H3. The van der Waals surface area contributed by atoms with E-state index in [9.17, 15) is 0 Å². The highest BCUT2D eigenvalue weighted by Crippen LogP contribution is 2.34. The molecule has 0 spiro atoms. The van der Waals surface area contributed by atoms with Crippen LogP contribution in [0.1, 0.15) is 5.76 Å². The van der Waals surface area contributed by atoms with E-state index in [1.807, 2.05) is 61.6 Å². The Kier molecular flexibility index (Phi) is 3.75. The van der Waals surface area contributed by atoms with E-state index >= 15 is 0 Å². The molecule has 120 valence electrons. The molecule has 0 aliphatic rings. The van der Waals surface area contributed by atoms with Crippen LogP contribution in [0.25, 0.3) is 11.0 Å².